The number of nitrogens with two attached hydrogens (primary N) is 1. The number of hydrogen-bond donors (Lipinski definition) is 1. The summed E-state index contributed by atoms with van der Waals surface area (Å²) in [5.41, 5.74) is 6.61. The highest BCUT2D eigenvalue weighted by molar-refractivity contribution is 9.10. The van der Waals surface area contributed by atoms with Gasteiger partial charge in [-0.3, -0.25) is 4.79 Å². The van der Waals surface area contributed by atoms with Gasteiger partial charge in [0.25, 0.3) is 0 Å². The lowest BCUT2D eigenvalue weighted by molar-refractivity contribution is 0.0989. The highest BCUT2D eigenvalue weighted by Crippen LogP contribution is 2.28. The second-order valence-corrected chi connectivity index (χ2v) is 3.89. The first-order valence-corrected chi connectivity index (χ1v) is 5.01. The average molecular weight is 263 g/mol. The van der Waals surface area contributed by atoms with E-state index in [0.29, 0.717) is 27.2 Å². The van der Waals surface area contributed by atoms with E-state index in [2.05, 4.69) is 15.9 Å². The number of benzene rings is 1. The molecule has 4 heteroatoms. The van der Waals surface area contributed by atoms with Crippen molar-refractivity contribution in [2.45, 2.75) is 13.3 Å². The molecule has 2 nitrogen and oxygen atoms in total. The molecule has 0 radical (unpaired) electrons. The van der Waals surface area contributed by atoms with Crippen LogP contribution in [0, 0.1) is 0 Å². The molecule has 0 heterocycles. The number of anilines is 1. The first-order chi connectivity index (χ1) is 6.06. The number of hydrogen-bond acceptors (Lipinski definition) is 2. The smallest absolute Gasteiger partial charge is 0.164 e. The van der Waals surface area contributed by atoms with Crippen molar-refractivity contribution in [3.05, 3.63) is 27.2 Å². The van der Waals surface area contributed by atoms with E-state index in [1.165, 1.54) is 0 Å². The van der Waals surface area contributed by atoms with E-state index in [1.807, 2.05) is 0 Å². The maximum atomic E-state index is 11.3. The highest BCUT2D eigenvalue weighted by Gasteiger charge is 2.10. The number of rotatable bonds is 2. The van der Waals surface area contributed by atoms with E-state index >= 15 is 0 Å². The van der Waals surface area contributed by atoms with Gasteiger partial charge in [0.2, 0.25) is 0 Å². The molecule has 0 unspecified atom stereocenters. The topological polar surface area (TPSA) is 43.1 Å². The molecule has 0 spiro atoms. The number of nitrogen functional groups attached to an aromatic ring is 1. The van der Waals surface area contributed by atoms with Gasteiger partial charge in [-0.25, -0.2) is 0 Å². The van der Waals surface area contributed by atoms with Crippen molar-refractivity contribution in [3.8, 4) is 0 Å². The van der Waals surface area contributed by atoms with E-state index in [0.717, 1.165) is 0 Å². The lowest BCUT2D eigenvalue weighted by Crippen LogP contribution is -2.02. The molecule has 2 N–H and O–H groups in total. The van der Waals surface area contributed by atoms with E-state index < -0.39 is 0 Å². The van der Waals surface area contributed by atoms with Crippen LogP contribution >= 0.6 is 27.5 Å². The Kier molecular flexibility index (Phi) is 3.33. The minimum atomic E-state index is 0.00639. The van der Waals surface area contributed by atoms with Crippen molar-refractivity contribution in [2.24, 2.45) is 0 Å². The molecular weight excluding hydrogens is 253 g/mol. The summed E-state index contributed by atoms with van der Waals surface area (Å²) >= 11 is 9.06. The van der Waals surface area contributed by atoms with Crippen LogP contribution in [0.5, 0.6) is 0 Å². The fraction of sp³-hybridized carbons (Fsp3) is 0.222. The second kappa shape index (κ2) is 4.11. The predicted octanol–water partition coefficient (Wildman–Crippen LogP) is 3.28. The zero-order valence-corrected chi connectivity index (χ0v) is 9.45. The van der Waals surface area contributed by atoms with Gasteiger partial charge in [0.15, 0.2) is 5.78 Å². The Morgan fingerprint density at radius 1 is 1.62 bits per heavy atom. The largest absolute Gasteiger partial charge is 0.398 e. The van der Waals surface area contributed by atoms with Crippen LogP contribution in [0.25, 0.3) is 0 Å². The van der Waals surface area contributed by atoms with Crippen molar-refractivity contribution >= 4 is 39.0 Å². The molecule has 1 aromatic carbocycles. The Hall–Kier alpha value is -0.540. The van der Waals surface area contributed by atoms with Crippen molar-refractivity contribution in [1.82, 2.24) is 0 Å². The van der Waals surface area contributed by atoms with E-state index in [-0.39, 0.29) is 5.78 Å². The highest BCUT2D eigenvalue weighted by atomic mass is 79.9. The lowest BCUT2D eigenvalue weighted by atomic mass is 10.1. The van der Waals surface area contributed by atoms with Gasteiger partial charge in [-0.05, 0) is 28.1 Å². The molecule has 0 aromatic heterocycles. The summed E-state index contributed by atoms with van der Waals surface area (Å²) in [6, 6.07) is 3.23. The summed E-state index contributed by atoms with van der Waals surface area (Å²) in [5, 5.41) is 0.506. The molecule has 70 valence electrons. The molecular formula is C9H9BrClNO. The van der Waals surface area contributed by atoms with E-state index in [1.54, 1.807) is 19.1 Å². The Morgan fingerprint density at radius 3 is 2.77 bits per heavy atom. The molecule has 0 bridgehead atoms. The van der Waals surface area contributed by atoms with Crippen molar-refractivity contribution in [2.75, 3.05) is 5.73 Å². The van der Waals surface area contributed by atoms with Crippen molar-refractivity contribution < 1.29 is 4.79 Å². The molecule has 0 aliphatic heterocycles. The van der Waals surface area contributed by atoms with Crippen LogP contribution in [0.2, 0.25) is 5.02 Å². The van der Waals surface area contributed by atoms with Gasteiger partial charge in [0, 0.05) is 22.1 Å². The molecule has 1 aromatic rings. The first kappa shape index (κ1) is 10.5. The minimum Gasteiger partial charge on any atom is -0.398 e. The number of carbonyl (C=O) groups is 1. The third-order valence-corrected chi connectivity index (χ3v) is 2.91. The zero-order valence-electron chi connectivity index (χ0n) is 7.10. The molecule has 0 amide bonds. The van der Waals surface area contributed by atoms with Crippen LogP contribution in [-0.4, -0.2) is 5.78 Å². The molecule has 0 saturated heterocycles. The number of Topliss-reactive ketones (excluding diaryl/α,β-unsaturated/α-hetero) is 1. The summed E-state index contributed by atoms with van der Waals surface area (Å²) in [4.78, 5) is 11.3. The van der Waals surface area contributed by atoms with Crippen LogP contribution in [0.1, 0.15) is 23.7 Å². The third-order valence-electron chi connectivity index (χ3n) is 1.71. The van der Waals surface area contributed by atoms with Gasteiger partial charge in [0.1, 0.15) is 0 Å². The van der Waals surface area contributed by atoms with Crippen LogP contribution in [0.3, 0.4) is 0 Å². The third kappa shape index (κ3) is 2.23. The molecule has 1 rings (SSSR count). The summed E-state index contributed by atoms with van der Waals surface area (Å²) in [5.74, 6) is 0.00639. The molecule has 0 aliphatic carbocycles. The maximum Gasteiger partial charge on any atom is 0.164 e. The van der Waals surface area contributed by atoms with Crippen LogP contribution in [0.4, 0.5) is 5.69 Å². The summed E-state index contributed by atoms with van der Waals surface area (Å²) in [6.45, 7) is 1.79. The summed E-state index contributed by atoms with van der Waals surface area (Å²) in [6.07, 6.45) is 0.433. The van der Waals surface area contributed by atoms with E-state index in [9.17, 15) is 4.79 Å². The van der Waals surface area contributed by atoms with Crippen LogP contribution < -0.4 is 5.73 Å². The van der Waals surface area contributed by atoms with Gasteiger partial charge in [-0.2, -0.15) is 0 Å². The first-order valence-electron chi connectivity index (χ1n) is 3.84. The lowest BCUT2D eigenvalue weighted by Gasteiger charge is -2.05. The Labute approximate surface area is 90.2 Å². The predicted molar refractivity (Wildman–Crippen MR) is 58.2 cm³/mol. The van der Waals surface area contributed by atoms with Gasteiger partial charge in [-0.15, -0.1) is 0 Å². The van der Waals surface area contributed by atoms with Gasteiger partial charge >= 0.3 is 0 Å². The van der Waals surface area contributed by atoms with Crippen molar-refractivity contribution in [3.63, 3.8) is 0 Å². The minimum absolute atomic E-state index is 0.00639. The Balaban J connectivity index is 3.23. The number of carbonyl (C=O) groups excluding carboxylic acids is 1. The molecule has 0 saturated carbocycles. The summed E-state index contributed by atoms with van der Waals surface area (Å²) < 4.78 is 0.708. The Bertz CT molecular complexity index is 352. The monoisotopic (exact) mass is 261 g/mol. The zero-order chi connectivity index (χ0) is 10.0. The van der Waals surface area contributed by atoms with Gasteiger partial charge in [-0.1, -0.05) is 18.5 Å². The molecule has 13 heavy (non-hydrogen) atoms. The number of ketones is 1. The average Bonchev–Trinajstić information content (AvgIpc) is 2.10. The standard InChI is InChI=1S/C9H9BrClNO/c1-2-9(13)5-3-7(11)6(10)4-8(5)12/h3-4H,2,12H2,1H3. The summed E-state index contributed by atoms with van der Waals surface area (Å²) in [7, 11) is 0. The van der Waals surface area contributed by atoms with Crippen LogP contribution in [-0.2, 0) is 0 Å². The normalized spacial score (nSPS) is 10.1. The fourth-order valence-corrected chi connectivity index (χ4v) is 1.52. The molecule has 0 aliphatic rings. The molecule has 0 atom stereocenters. The SMILES string of the molecule is CCC(=O)c1cc(Cl)c(Br)cc1N. The van der Waals surface area contributed by atoms with Gasteiger partial charge < -0.3 is 5.73 Å². The molecule has 0 fully saturated rings. The van der Waals surface area contributed by atoms with Crippen molar-refractivity contribution in [1.29, 1.82) is 0 Å². The fourth-order valence-electron chi connectivity index (χ4n) is 0.994. The Morgan fingerprint density at radius 2 is 2.23 bits per heavy atom. The number of halogens is 2. The van der Waals surface area contributed by atoms with E-state index in [4.69, 9.17) is 17.3 Å². The van der Waals surface area contributed by atoms with Gasteiger partial charge in [0.05, 0.1) is 5.02 Å². The van der Waals surface area contributed by atoms with Crippen LogP contribution in [0.15, 0.2) is 16.6 Å². The second-order valence-electron chi connectivity index (χ2n) is 2.63. The quantitative estimate of drug-likeness (QED) is 0.656. The maximum absolute atomic E-state index is 11.3.